The van der Waals surface area contributed by atoms with E-state index in [1.807, 2.05) is 0 Å². The molecular formula is C19H38O6. The average molecular weight is 363 g/mol. The number of aliphatic hydroxyl groups excluding tert-OH is 4. The number of Topliss-reactive ketones (excluding diaryl/α,β-unsaturated/α-hetero) is 1. The van der Waals surface area contributed by atoms with Crippen molar-refractivity contribution in [3.05, 3.63) is 0 Å². The normalized spacial score (nSPS) is 17.7. The van der Waals surface area contributed by atoms with Gasteiger partial charge in [-0.2, -0.15) is 0 Å². The Balaban J connectivity index is 4.13. The fourth-order valence-corrected chi connectivity index (χ4v) is 3.02. The molecule has 150 valence electrons. The molecule has 0 aromatic rings. The van der Waals surface area contributed by atoms with E-state index in [0.29, 0.717) is 6.42 Å². The van der Waals surface area contributed by atoms with E-state index in [-0.39, 0.29) is 6.42 Å². The first-order valence-corrected chi connectivity index (χ1v) is 9.69. The molecule has 25 heavy (non-hydrogen) atoms. The molecule has 0 spiro atoms. The zero-order valence-electron chi connectivity index (χ0n) is 15.9. The minimum atomic E-state index is -2.10. The van der Waals surface area contributed by atoms with Crippen LogP contribution in [0.1, 0.15) is 84.5 Å². The highest BCUT2D eigenvalue weighted by atomic mass is 16.4. The third kappa shape index (κ3) is 9.11. The Hall–Kier alpha value is -0.530. The Labute approximate surface area is 151 Å². The van der Waals surface area contributed by atoms with Crippen LogP contribution in [0.25, 0.3) is 0 Å². The summed E-state index contributed by atoms with van der Waals surface area (Å²) < 4.78 is 0. The Morgan fingerprint density at radius 2 is 1.32 bits per heavy atom. The standard InChI is InChI=1S/C19H38O6/c1-3-4-5-6-7-8-9-10-11-12-13-19(25,15(2)21)18(24)17(23)16(22)14-20/h16-18,20,22-25H,3-14H2,1-2H3/t16-,17-,18+,19+/m1/s1. The number of hydrogen-bond acceptors (Lipinski definition) is 6. The quantitative estimate of drug-likeness (QED) is 0.267. The molecule has 4 atom stereocenters. The van der Waals surface area contributed by atoms with Crippen LogP contribution in [-0.2, 0) is 4.79 Å². The molecule has 0 heterocycles. The van der Waals surface area contributed by atoms with E-state index in [1.54, 1.807) is 0 Å². The average Bonchev–Trinajstić information content (AvgIpc) is 2.60. The van der Waals surface area contributed by atoms with Gasteiger partial charge in [0.05, 0.1) is 6.61 Å². The highest BCUT2D eigenvalue weighted by Gasteiger charge is 2.45. The summed E-state index contributed by atoms with van der Waals surface area (Å²) in [5, 5.41) is 48.5. The minimum absolute atomic E-state index is 0.0230. The summed E-state index contributed by atoms with van der Waals surface area (Å²) >= 11 is 0. The van der Waals surface area contributed by atoms with Gasteiger partial charge in [-0.3, -0.25) is 4.79 Å². The summed E-state index contributed by atoms with van der Waals surface area (Å²) in [6.07, 6.45) is 5.83. The van der Waals surface area contributed by atoms with Gasteiger partial charge in [0.1, 0.15) is 18.3 Å². The zero-order chi connectivity index (χ0) is 19.3. The monoisotopic (exact) mass is 362 g/mol. The Kier molecular flexibility index (Phi) is 13.4. The molecule has 0 aromatic carbocycles. The lowest BCUT2D eigenvalue weighted by molar-refractivity contribution is -0.174. The van der Waals surface area contributed by atoms with E-state index >= 15 is 0 Å². The van der Waals surface area contributed by atoms with Crippen molar-refractivity contribution in [1.29, 1.82) is 0 Å². The lowest BCUT2D eigenvalue weighted by Crippen LogP contribution is -2.57. The van der Waals surface area contributed by atoms with E-state index < -0.39 is 36.3 Å². The Morgan fingerprint density at radius 1 is 0.880 bits per heavy atom. The number of ketones is 1. The summed E-state index contributed by atoms with van der Waals surface area (Å²) in [4.78, 5) is 11.7. The van der Waals surface area contributed by atoms with E-state index in [0.717, 1.165) is 26.2 Å². The molecule has 6 nitrogen and oxygen atoms in total. The number of carbonyl (C=O) groups excluding carboxylic acids is 1. The van der Waals surface area contributed by atoms with Crippen molar-refractivity contribution in [1.82, 2.24) is 0 Å². The molecule has 0 saturated carbocycles. The van der Waals surface area contributed by atoms with E-state index in [9.17, 15) is 25.2 Å². The van der Waals surface area contributed by atoms with Crippen molar-refractivity contribution < 1.29 is 30.3 Å². The van der Waals surface area contributed by atoms with Gasteiger partial charge in [-0.05, 0) is 13.3 Å². The van der Waals surface area contributed by atoms with Crippen LogP contribution in [0.5, 0.6) is 0 Å². The van der Waals surface area contributed by atoms with Crippen LogP contribution in [0.2, 0.25) is 0 Å². The summed E-state index contributed by atoms with van der Waals surface area (Å²) in [5.41, 5.74) is -2.10. The third-order valence-corrected chi connectivity index (χ3v) is 4.92. The van der Waals surface area contributed by atoms with Gasteiger partial charge in [0.25, 0.3) is 0 Å². The van der Waals surface area contributed by atoms with Gasteiger partial charge in [0.15, 0.2) is 11.4 Å². The van der Waals surface area contributed by atoms with Crippen LogP contribution in [-0.4, -0.2) is 61.8 Å². The molecule has 0 aliphatic rings. The number of unbranched alkanes of at least 4 members (excludes halogenated alkanes) is 9. The van der Waals surface area contributed by atoms with Crippen molar-refractivity contribution in [3.63, 3.8) is 0 Å². The van der Waals surface area contributed by atoms with Gasteiger partial charge in [-0.15, -0.1) is 0 Å². The smallest absolute Gasteiger partial charge is 0.164 e. The fourth-order valence-electron chi connectivity index (χ4n) is 3.02. The van der Waals surface area contributed by atoms with Crippen LogP contribution in [0.4, 0.5) is 0 Å². The second kappa shape index (κ2) is 13.6. The predicted octanol–water partition coefficient (Wildman–Crippen LogP) is 1.69. The fraction of sp³-hybridized carbons (Fsp3) is 0.947. The van der Waals surface area contributed by atoms with Crippen molar-refractivity contribution in [2.45, 2.75) is 108 Å². The van der Waals surface area contributed by atoms with Crippen molar-refractivity contribution in [2.75, 3.05) is 6.61 Å². The van der Waals surface area contributed by atoms with Gasteiger partial charge in [-0.1, -0.05) is 71.1 Å². The first-order valence-electron chi connectivity index (χ1n) is 9.69. The molecule has 0 rings (SSSR count). The highest BCUT2D eigenvalue weighted by Crippen LogP contribution is 2.25. The lowest BCUT2D eigenvalue weighted by Gasteiger charge is -2.34. The predicted molar refractivity (Wildman–Crippen MR) is 97.2 cm³/mol. The summed E-state index contributed by atoms with van der Waals surface area (Å²) in [7, 11) is 0. The maximum absolute atomic E-state index is 11.7. The summed E-state index contributed by atoms with van der Waals surface area (Å²) in [6.45, 7) is 2.59. The largest absolute Gasteiger partial charge is 0.394 e. The maximum Gasteiger partial charge on any atom is 0.164 e. The molecule has 0 saturated heterocycles. The van der Waals surface area contributed by atoms with Gasteiger partial charge < -0.3 is 25.5 Å². The van der Waals surface area contributed by atoms with Crippen LogP contribution in [0.3, 0.4) is 0 Å². The second-order valence-corrected chi connectivity index (χ2v) is 7.10. The number of carbonyl (C=O) groups is 1. The maximum atomic E-state index is 11.7. The van der Waals surface area contributed by atoms with Gasteiger partial charge >= 0.3 is 0 Å². The van der Waals surface area contributed by atoms with Gasteiger partial charge in [0, 0.05) is 0 Å². The molecule has 0 bridgehead atoms. The molecule has 5 N–H and O–H groups in total. The minimum Gasteiger partial charge on any atom is -0.394 e. The van der Waals surface area contributed by atoms with Crippen LogP contribution in [0, 0.1) is 0 Å². The number of rotatable bonds is 16. The van der Waals surface area contributed by atoms with E-state index in [1.165, 1.54) is 38.5 Å². The molecule has 0 fully saturated rings. The summed E-state index contributed by atoms with van der Waals surface area (Å²) in [6, 6.07) is 0. The van der Waals surface area contributed by atoms with Gasteiger partial charge in [0.2, 0.25) is 0 Å². The molecule has 0 amide bonds. The number of aliphatic hydroxyl groups is 5. The van der Waals surface area contributed by atoms with E-state index in [4.69, 9.17) is 5.11 Å². The molecule has 0 aromatic heterocycles. The number of hydrogen-bond donors (Lipinski definition) is 5. The van der Waals surface area contributed by atoms with Crippen LogP contribution in [0.15, 0.2) is 0 Å². The first-order chi connectivity index (χ1) is 11.8. The highest BCUT2D eigenvalue weighted by molar-refractivity contribution is 5.85. The topological polar surface area (TPSA) is 118 Å². The molecule has 0 unspecified atom stereocenters. The SMILES string of the molecule is CCCCCCCCCCCC[C@](O)(C(C)=O)[C@@H](O)[C@H](O)[C@H](O)CO. The lowest BCUT2D eigenvalue weighted by atomic mass is 9.82. The van der Waals surface area contributed by atoms with Crippen LogP contribution < -0.4 is 0 Å². The van der Waals surface area contributed by atoms with Crippen LogP contribution >= 0.6 is 0 Å². The molecular weight excluding hydrogens is 324 g/mol. The Morgan fingerprint density at radius 3 is 1.72 bits per heavy atom. The summed E-state index contributed by atoms with van der Waals surface area (Å²) in [5.74, 6) is -0.653. The molecule has 0 aliphatic carbocycles. The molecule has 6 heteroatoms. The first kappa shape index (κ1) is 24.5. The molecule has 0 aliphatic heterocycles. The zero-order valence-corrected chi connectivity index (χ0v) is 15.9. The van der Waals surface area contributed by atoms with Gasteiger partial charge in [-0.25, -0.2) is 0 Å². The molecule has 0 radical (unpaired) electrons. The van der Waals surface area contributed by atoms with Crippen molar-refractivity contribution >= 4 is 5.78 Å². The van der Waals surface area contributed by atoms with E-state index in [2.05, 4.69) is 6.92 Å². The third-order valence-electron chi connectivity index (χ3n) is 4.92. The Bertz CT molecular complexity index is 349. The second-order valence-electron chi connectivity index (χ2n) is 7.10. The van der Waals surface area contributed by atoms with Crippen molar-refractivity contribution in [3.8, 4) is 0 Å². The van der Waals surface area contributed by atoms with Crippen molar-refractivity contribution in [2.24, 2.45) is 0 Å².